The second kappa shape index (κ2) is 6.24. The number of esters is 1. The number of hydrogen-bond donors (Lipinski definition) is 1. The maximum atomic E-state index is 12.0. The quantitative estimate of drug-likeness (QED) is 0.559. The second-order valence-electron chi connectivity index (χ2n) is 5.14. The fourth-order valence-electron chi connectivity index (χ4n) is 2.22. The van der Waals surface area contributed by atoms with Crippen molar-refractivity contribution in [3.8, 4) is 0 Å². The van der Waals surface area contributed by atoms with Crippen molar-refractivity contribution >= 4 is 5.97 Å². The van der Waals surface area contributed by atoms with Crippen LogP contribution in [0.5, 0.6) is 0 Å². The zero-order valence-electron chi connectivity index (χ0n) is 10.8. The van der Waals surface area contributed by atoms with Crippen molar-refractivity contribution in [3.05, 3.63) is 0 Å². The highest BCUT2D eigenvalue weighted by Crippen LogP contribution is 2.24. The van der Waals surface area contributed by atoms with Gasteiger partial charge in [0.15, 0.2) is 0 Å². The normalized spacial score (nSPS) is 25.0. The summed E-state index contributed by atoms with van der Waals surface area (Å²) in [6.07, 6.45) is 4.93. The molecule has 1 unspecified atom stereocenters. The van der Waals surface area contributed by atoms with E-state index in [1.54, 1.807) is 0 Å². The molecule has 1 heterocycles. The molecule has 0 bridgehead atoms. The maximum Gasteiger partial charge on any atom is 0.326 e. The van der Waals surface area contributed by atoms with Crippen LogP contribution in [0.15, 0.2) is 0 Å². The van der Waals surface area contributed by atoms with Gasteiger partial charge in [-0.05, 0) is 44.6 Å². The van der Waals surface area contributed by atoms with Gasteiger partial charge in [-0.15, -0.1) is 0 Å². The van der Waals surface area contributed by atoms with Crippen molar-refractivity contribution in [2.75, 3.05) is 13.2 Å². The zero-order valence-corrected chi connectivity index (χ0v) is 10.8. The number of ether oxygens (including phenoxy) is 1. The van der Waals surface area contributed by atoms with Crippen LogP contribution in [0, 0.1) is 5.92 Å². The van der Waals surface area contributed by atoms with Gasteiger partial charge in [0.2, 0.25) is 0 Å². The molecule has 16 heavy (non-hydrogen) atoms. The van der Waals surface area contributed by atoms with Gasteiger partial charge in [-0.25, -0.2) is 0 Å². The summed E-state index contributed by atoms with van der Waals surface area (Å²) in [5.41, 5.74) is -0.377. The summed E-state index contributed by atoms with van der Waals surface area (Å²) in [7, 11) is 0. The standard InChI is InChI=1S/C13H25NO2/c1-4-13(8-6-9-14-13)12(15)16-10-5-7-11(2)3/h11,14H,4-10H2,1-3H3. The van der Waals surface area contributed by atoms with E-state index >= 15 is 0 Å². The molecule has 0 radical (unpaired) electrons. The van der Waals surface area contributed by atoms with Gasteiger partial charge < -0.3 is 10.1 Å². The van der Waals surface area contributed by atoms with Gasteiger partial charge in [0.05, 0.1) is 6.61 Å². The van der Waals surface area contributed by atoms with Crippen LogP contribution in [0.2, 0.25) is 0 Å². The molecule has 0 aromatic rings. The first-order chi connectivity index (χ1) is 7.60. The molecule has 0 amide bonds. The van der Waals surface area contributed by atoms with Crippen molar-refractivity contribution in [1.29, 1.82) is 0 Å². The first-order valence-electron chi connectivity index (χ1n) is 6.53. The monoisotopic (exact) mass is 227 g/mol. The summed E-state index contributed by atoms with van der Waals surface area (Å²) in [5, 5.41) is 3.29. The molecule has 0 aromatic heterocycles. The van der Waals surface area contributed by atoms with Crippen LogP contribution in [0.3, 0.4) is 0 Å². The molecule has 3 nitrogen and oxygen atoms in total. The van der Waals surface area contributed by atoms with E-state index in [4.69, 9.17) is 4.74 Å². The summed E-state index contributed by atoms with van der Waals surface area (Å²) in [6.45, 7) is 7.94. The lowest BCUT2D eigenvalue weighted by Crippen LogP contribution is -2.48. The van der Waals surface area contributed by atoms with Gasteiger partial charge >= 0.3 is 5.97 Å². The van der Waals surface area contributed by atoms with Gasteiger partial charge in [0.25, 0.3) is 0 Å². The van der Waals surface area contributed by atoms with E-state index in [1.165, 1.54) is 0 Å². The predicted molar refractivity (Wildman–Crippen MR) is 65.3 cm³/mol. The van der Waals surface area contributed by atoms with Crippen molar-refractivity contribution in [2.45, 2.75) is 58.4 Å². The molecule has 0 aliphatic carbocycles. The lowest BCUT2D eigenvalue weighted by Gasteiger charge is -2.25. The smallest absolute Gasteiger partial charge is 0.326 e. The number of hydrogen-bond acceptors (Lipinski definition) is 3. The van der Waals surface area contributed by atoms with Gasteiger partial charge in [-0.3, -0.25) is 4.79 Å². The van der Waals surface area contributed by atoms with E-state index in [9.17, 15) is 4.79 Å². The average molecular weight is 227 g/mol. The first-order valence-corrected chi connectivity index (χ1v) is 6.53. The van der Waals surface area contributed by atoms with E-state index in [2.05, 4.69) is 19.2 Å². The summed E-state index contributed by atoms with van der Waals surface area (Å²) in [4.78, 5) is 12.0. The molecule has 1 aliphatic heterocycles. The van der Waals surface area contributed by atoms with Crippen LogP contribution in [0.25, 0.3) is 0 Å². The molecular formula is C13H25NO2. The molecule has 1 saturated heterocycles. The number of carbonyl (C=O) groups is 1. The fourth-order valence-corrected chi connectivity index (χ4v) is 2.22. The van der Waals surface area contributed by atoms with Gasteiger partial charge in [-0.2, -0.15) is 0 Å². The molecule has 1 atom stereocenters. The summed E-state index contributed by atoms with van der Waals surface area (Å²) >= 11 is 0. The van der Waals surface area contributed by atoms with Crippen LogP contribution in [-0.4, -0.2) is 24.7 Å². The van der Waals surface area contributed by atoms with Crippen LogP contribution in [0.1, 0.15) is 52.9 Å². The predicted octanol–water partition coefficient (Wildman–Crippen LogP) is 2.50. The third-order valence-corrected chi connectivity index (χ3v) is 3.40. The highest BCUT2D eigenvalue weighted by Gasteiger charge is 2.40. The molecule has 1 N–H and O–H groups in total. The Bertz CT molecular complexity index is 220. The topological polar surface area (TPSA) is 38.3 Å². The molecule has 0 spiro atoms. The Morgan fingerprint density at radius 2 is 2.25 bits per heavy atom. The van der Waals surface area contributed by atoms with E-state index in [0.717, 1.165) is 38.6 Å². The summed E-state index contributed by atoms with van der Waals surface area (Å²) in [6, 6.07) is 0. The zero-order chi connectivity index (χ0) is 12.0. The van der Waals surface area contributed by atoms with Crippen LogP contribution in [0.4, 0.5) is 0 Å². The van der Waals surface area contributed by atoms with Crippen molar-refractivity contribution in [3.63, 3.8) is 0 Å². The Morgan fingerprint density at radius 3 is 2.75 bits per heavy atom. The van der Waals surface area contributed by atoms with Crippen molar-refractivity contribution in [1.82, 2.24) is 5.32 Å². The van der Waals surface area contributed by atoms with Gasteiger partial charge in [-0.1, -0.05) is 20.8 Å². The molecule has 0 saturated carbocycles. The highest BCUT2D eigenvalue weighted by atomic mass is 16.5. The Balaban J connectivity index is 2.28. The molecule has 0 aromatic carbocycles. The molecule has 3 heteroatoms. The highest BCUT2D eigenvalue weighted by molar-refractivity contribution is 5.81. The average Bonchev–Trinajstić information content (AvgIpc) is 2.73. The SMILES string of the molecule is CCC1(C(=O)OCCCC(C)C)CCCN1. The number of carbonyl (C=O) groups excluding carboxylic acids is 1. The maximum absolute atomic E-state index is 12.0. The summed E-state index contributed by atoms with van der Waals surface area (Å²) < 4.78 is 5.37. The van der Waals surface area contributed by atoms with Crippen molar-refractivity contribution in [2.24, 2.45) is 5.92 Å². The largest absolute Gasteiger partial charge is 0.464 e. The van der Waals surface area contributed by atoms with E-state index in [1.807, 2.05) is 6.92 Å². The van der Waals surface area contributed by atoms with E-state index < -0.39 is 0 Å². The second-order valence-corrected chi connectivity index (χ2v) is 5.14. The van der Waals surface area contributed by atoms with Crippen LogP contribution in [-0.2, 0) is 9.53 Å². The third kappa shape index (κ3) is 3.48. The molecule has 1 fully saturated rings. The lowest BCUT2D eigenvalue weighted by atomic mass is 9.94. The van der Waals surface area contributed by atoms with Crippen molar-refractivity contribution < 1.29 is 9.53 Å². The van der Waals surface area contributed by atoms with E-state index in [0.29, 0.717) is 12.5 Å². The number of rotatable bonds is 6. The van der Waals surface area contributed by atoms with E-state index in [-0.39, 0.29) is 11.5 Å². The van der Waals surface area contributed by atoms with Gasteiger partial charge in [0, 0.05) is 0 Å². The van der Waals surface area contributed by atoms with Crippen LogP contribution < -0.4 is 5.32 Å². The fraction of sp³-hybridized carbons (Fsp3) is 0.923. The molecule has 94 valence electrons. The molecule has 1 rings (SSSR count). The minimum Gasteiger partial charge on any atom is -0.464 e. The Kier molecular flexibility index (Phi) is 5.26. The third-order valence-electron chi connectivity index (χ3n) is 3.40. The Labute approximate surface area is 98.9 Å². The molecule has 1 aliphatic rings. The Morgan fingerprint density at radius 1 is 1.50 bits per heavy atom. The number of nitrogens with one attached hydrogen (secondary N) is 1. The molecular weight excluding hydrogens is 202 g/mol. The van der Waals surface area contributed by atoms with Crippen LogP contribution >= 0.6 is 0 Å². The first kappa shape index (κ1) is 13.5. The minimum absolute atomic E-state index is 0.0451. The minimum atomic E-state index is -0.377. The Hall–Kier alpha value is -0.570. The lowest BCUT2D eigenvalue weighted by molar-refractivity contribution is -0.151. The van der Waals surface area contributed by atoms with Gasteiger partial charge in [0.1, 0.15) is 5.54 Å². The summed E-state index contributed by atoms with van der Waals surface area (Å²) in [5.74, 6) is 0.639.